The van der Waals surface area contributed by atoms with Crippen molar-refractivity contribution in [2.45, 2.75) is 57.7 Å². The van der Waals surface area contributed by atoms with Gasteiger partial charge in [-0.3, -0.25) is 9.69 Å². The van der Waals surface area contributed by atoms with Gasteiger partial charge in [0, 0.05) is 30.1 Å². The highest BCUT2D eigenvalue weighted by atomic mass is 16.6. The molecule has 2 aromatic carbocycles. The number of ether oxygens (including phenoxy) is 2. The molecule has 4 aromatic rings. The Labute approximate surface area is 215 Å². The number of hydrogen-bond acceptors (Lipinski definition) is 7. The van der Waals surface area contributed by atoms with Crippen LogP contribution < -0.4 is 15.0 Å². The van der Waals surface area contributed by atoms with E-state index in [0.717, 1.165) is 42.5 Å². The molecule has 1 aliphatic heterocycles. The number of H-pyrrole nitrogens is 1. The predicted octanol–water partition coefficient (Wildman–Crippen LogP) is 4.04. The highest BCUT2D eigenvalue weighted by Crippen LogP contribution is 2.34. The van der Waals surface area contributed by atoms with Crippen LogP contribution in [0.15, 0.2) is 53.3 Å². The summed E-state index contributed by atoms with van der Waals surface area (Å²) in [5.41, 5.74) is 2.61. The minimum atomic E-state index is -0.0965. The van der Waals surface area contributed by atoms with E-state index in [1.807, 2.05) is 28.9 Å². The van der Waals surface area contributed by atoms with Crippen LogP contribution >= 0.6 is 0 Å². The molecule has 0 unspecified atom stereocenters. The molecule has 192 valence electrons. The Morgan fingerprint density at radius 3 is 2.57 bits per heavy atom. The smallest absolute Gasteiger partial charge is 0.252 e. The van der Waals surface area contributed by atoms with Gasteiger partial charge in [0.15, 0.2) is 17.3 Å². The zero-order valence-corrected chi connectivity index (χ0v) is 20.9. The molecule has 1 fully saturated rings. The normalized spacial score (nSPS) is 15.9. The highest BCUT2D eigenvalue weighted by molar-refractivity contribution is 5.83. The molecule has 0 atom stereocenters. The predicted molar refractivity (Wildman–Crippen MR) is 140 cm³/mol. The monoisotopic (exact) mass is 500 g/mol. The van der Waals surface area contributed by atoms with Gasteiger partial charge in [0.05, 0.1) is 18.1 Å². The molecule has 0 radical (unpaired) electrons. The fraction of sp³-hybridized carbons (Fsp3) is 0.429. The summed E-state index contributed by atoms with van der Waals surface area (Å²) in [5.74, 6) is 2.24. The van der Waals surface area contributed by atoms with Crippen LogP contribution in [-0.2, 0) is 19.5 Å². The van der Waals surface area contributed by atoms with Crippen molar-refractivity contribution in [1.82, 2.24) is 30.1 Å². The van der Waals surface area contributed by atoms with Gasteiger partial charge in [-0.15, -0.1) is 5.10 Å². The van der Waals surface area contributed by atoms with E-state index in [0.29, 0.717) is 49.4 Å². The van der Waals surface area contributed by atoms with E-state index in [-0.39, 0.29) is 5.56 Å². The summed E-state index contributed by atoms with van der Waals surface area (Å²) in [6, 6.07) is 16.5. The van der Waals surface area contributed by atoms with E-state index in [1.165, 1.54) is 24.8 Å². The van der Waals surface area contributed by atoms with Gasteiger partial charge in [0.25, 0.3) is 5.56 Å². The van der Waals surface area contributed by atoms with Crippen LogP contribution in [0, 0.1) is 0 Å². The molecule has 2 aromatic heterocycles. The first kappa shape index (κ1) is 23.7. The van der Waals surface area contributed by atoms with Gasteiger partial charge in [0.2, 0.25) is 0 Å². The minimum absolute atomic E-state index is 0.0965. The number of aromatic nitrogens is 5. The average molecular weight is 501 g/mol. The second-order valence-electron chi connectivity index (χ2n) is 9.98. The minimum Gasteiger partial charge on any atom is -0.486 e. The zero-order chi connectivity index (χ0) is 25.0. The van der Waals surface area contributed by atoms with Crippen LogP contribution in [0.1, 0.15) is 55.1 Å². The molecular weight excluding hydrogens is 468 g/mol. The van der Waals surface area contributed by atoms with Crippen molar-refractivity contribution >= 4 is 10.9 Å². The van der Waals surface area contributed by atoms with Crippen molar-refractivity contribution in [3.05, 3.63) is 75.8 Å². The van der Waals surface area contributed by atoms with Gasteiger partial charge in [-0.1, -0.05) is 49.6 Å². The molecule has 3 heterocycles. The topological polar surface area (TPSA) is 98.2 Å². The number of nitrogens with one attached hydrogen (secondary N) is 1. The van der Waals surface area contributed by atoms with Gasteiger partial charge < -0.3 is 14.5 Å². The maximum absolute atomic E-state index is 13.1. The lowest BCUT2D eigenvalue weighted by Crippen LogP contribution is -2.30. The third kappa shape index (κ3) is 5.36. The van der Waals surface area contributed by atoms with Crippen molar-refractivity contribution in [3.8, 4) is 11.5 Å². The van der Waals surface area contributed by atoms with Crippen LogP contribution in [-0.4, -0.2) is 49.8 Å². The number of nitrogens with zero attached hydrogens (tertiary/aromatic N) is 5. The van der Waals surface area contributed by atoms with E-state index >= 15 is 0 Å². The van der Waals surface area contributed by atoms with E-state index in [4.69, 9.17) is 9.47 Å². The van der Waals surface area contributed by atoms with Crippen molar-refractivity contribution in [2.75, 3.05) is 19.8 Å². The molecule has 0 amide bonds. The van der Waals surface area contributed by atoms with Crippen molar-refractivity contribution < 1.29 is 9.47 Å². The Morgan fingerprint density at radius 2 is 1.76 bits per heavy atom. The van der Waals surface area contributed by atoms with Crippen molar-refractivity contribution in [3.63, 3.8) is 0 Å². The van der Waals surface area contributed by atoms with Crippen LogP contribution in [0.2, 0.25) is 0 Å². The summed E-state index contributed by atoms with van der Waals surface area (Å²) in [5, 5.41) is 13.7. The van der Waals surface area contributed by atoms with E-state index < -0.39 is 0 Å². The van der Waals surface area contributed by atoms with Gasteiger partial charge >= 0.3 is 0 Å². The summed E-state index contributed by atoms with van der Waals surface area (Å²) in [6.07, 6.45) is 6.81. The number of tetrazole rings is 1. The van der Waals surface area contributed by atoms with E-state index in [2.05, 4.69) is 49.7 Å². The molecule has 37 heavy (non-hydrogen) atoms. The standard InChI is InChI=1S/C28H32N6O3/c35-28-22(15-21-16-25-26(17-24(21)29-28)37-14-13-36-25)18-33(12-11-20-7-3-1-4-8-20)19-27-30-31-32-34(27)23-9-5-2-6-10-23/h1,3-4,7-8,15-17,23H,2,5-6,9-14,18-19H2,(H,29,35). The van der Waals surface area contributed by atoms with Gasteiger partial charge in [-0.05, 0) is 47.4 Å². The first-order valence-electron chi connectivity index (χ1n) is 13.2. The zero-order valence-electron chi connectivity index (χ0n) is 20.9. The lowest BCUT2D eigenvalue weighted by molar-refractivity contribution is 0.172. The number of benzene rings is 2. The lowest BCUT2D eigenvalue weighted by Gasteiger charge is -2.25. The number of pyridine rings is 1. The second-order valence-corrected chi connectivity index (χ2v) is 9.98. The third-order valence-corrected chi connectivity index (χ3v) is 7.38. The summed E-state index contributed by atoms with van der Waals surface area (Å²) in [4.78, 5) is 18.4. The molecule has 1 saturated carbocycles. The van der Waals surface area contributed by atoms with Crippen LogP contribution in [0.3, 0.4) is 0 Å². The maximum atomic E-state index is 13.1. The fourth-order valence-corrected chi connectivity index (χ4v) is 5.42. The summed E-state index contributed by atoms with van der Waals surface area (Å²) in [7, 11) is 0. The molecule has 9 nitrogen and oxygen atoms in total. The first-order chi connectivity index (χ1) is 18.2. The van der Waals surface area contributed by atoms with E-state index in [1.54, 1.807) is 0 Å². The molecule has 0 saturated heterocycles. The summed E-state index contributed by atoms with van der Waals surface area (Å²) in [6.45, 7) is 2.88. The van der Waals surface area contributed by atoms with Crippen LogP contribution in [0.4, 0.5) is 0 Å². The van der Waals surface area contributed by atoms with Gasteiger partial charge in [-0.25, -0.2) is 4.68 Å². The Morgan fingerprint density at radius 1 is 0.973 bits per heavy atom. The molecule has 0 spiro atoms. The Bertz CT molecular complexity index is 1410. The van der Waals surface area contributed by atoms with Crippen LogP contribution in [0.5, 0.6) is 11.5 Å². The van der Waals surface area contributed by atoms with Crippen LogP contribution in [0.25, 0.3) is 10.9 Å². The van der Waals surface area contributed by atoms with Gasteiger partial charge in [0.1, 0.15) is 13.2 Å². The number of hydrogen-bond donors (Lipinski definition) is 1. The largest absolute Gasteiger partial charge is 0.486 e. The first-order valence-corrected chi connectivity index (χ1v) is 13.2. The molecule has 9 heteroatoms. The second kappa shape index (κ2) is 10.7. The lowest BCUT2D eigenvalue weighted by atomic mass is 9.95. The molecular formula is C28H32N6O3. The molecule has 1 N–H and O–H groups in total. The van der Waals surface area contributed by atoms with Crippen molar-refractivity contribution in [1.29, 1.82) is 0 Å². The van der Waals surface area contributed by atoms with Gasteiger partial charge in [-0.2, -0.15) is 0 Å². The Hall–Kier alpha value is -3.72. The van der Waals surface area contributed by atoms with E-state index in [9.17, 15) is 4.79 Å². The average Bonchev–Trinajstić information content (AvgIpc) is 3.40. The van der Waals surface area contributed by atoms with Crippen molar-refractivity contribution in [2.24, 2.45) is 0 Å². The highest BCUT2D eigenvalue weighted by Gasteiger charge is 2.22. The molecule has 1 aliphatic carbocycles. The Balaban J connectivity index is 1.28. The number of rotatable bonds is 8. The quantitative estimate of drug-likeness (QED) is 0.390. The molecule has 6 rings (SSSR count). The molecule has 2 aliphatic rings. The SMILES string of the molecule is O=c1[nH]c2cc3c(cc2cc1CN(CCc1ccccc1)Cc1nnnn1C1CCCCC1)OCCO3. The summed E-state index contributed by atoms with van der Waals surface area (Å²) >= 11 is 0. The fourth-order valence-electron chi connectivity index (χ4n) is 5.42. The Kier molecular flexibility index (Phi) is 6.86. The third-order valence-electron chi connectivity index (χ3n) is 7.38. The maximum Gasteiger partial charge on any atom is 0.252 e. The number of fused-ring (bicyclic) bond motifs is 2. The summed E-state index contributed by atoms with van der Waals surface area (Å²) < 4.78 is 13.5. The molecule has 0 bridgehead atoms. The number of aromatic amines is 1.